The van der Waals surface area contributed by atoms with Gasteiger partial charge in [0.2, 0.25) is 5.52 Å². The first-order chi connectivity index (χ1) is 13.7. The first kappa shape index (κ1) is 19.3. The predicted octanol–water partition coefficient (Wildman–Crippen LogP) is 7.16. The molecule has 1 aliphatic rings. The number of nitrogens with one attached hydrogen (secondary N) is 1. The van der Waals surface area contributed by atoms with E-state index in [9.17, 15) is 0 Å². The SMILES string of the molecule is CC[n+]1c(C=CC2=C(Cl)C(=CNc3cccc(Cl)c3)CC2)sc2ccccc21. The number of aromatic nitrogens is 1. The molecule has 0 unspecified atom stereocenters. The minimum atomic E-state index is 0.715. The van der Waals surface area contributed by atoms with E-state index in [0.29, 0.717) is 5.02 Å². The second-order valence-corrected chi connectivity index (χ2v) is 8.53. The lowest BCUT2D eigenvalue weighted by Gasteiger charge is -2.03. The Labute approximate surface area is 179 Å². The Morgan fingerprint density at radius 2 is 1.93 bits per heavy atom. The topological polar surface area (TPSA) is 15.9 Å². The van der Waals surface area contributed by atoms with Crippen LogP contribution in [0.4, 0.5) is 5.69 Å². The summed E-state index contributed by atoms with van der Waals surface area (Å²) >= 11 is 14.5. The van der Waals surface area contributed by atoms with Crippen LogP contribution in [-0.4, -0.2) is 0 Å². The van der Waals surface area contributed by atoms with Crippen molar-refractivity contribution in [3.63, 3.8) is 0 Å². The summed E-state index contributed by atoms with van der Waals surface area (Å²) in [5.41, 5.74) is 4.55. The molecule has 4 rings (SSSR count). The van der Waals surface area contributed by atoms with E-state index in [4.69, 9.17) is 23.2 Å². The molecule has 0 atom stereocenters. The highest BCUT2D eigenvalue weighted by Gasteiger charge is 2.19. The average Bonchev–Trinajstić information content (AvgIpc) is 3.24. The number of fused-ring (bicyclic) bond motifs is 1. The molecule has 1 N–H and O–H groups in total. The molecule has 1 aromatic heterocycles. The number of hydrogen-bond donors (Lipinski definition) is 1. The summed E-state index contributed by atoms with van der Waals surface area (Å²) in [6.07, 6.45) is 8.24. The van der Waals surface area contributed by atoms with E-state index in [-0.39, 0.29) is 0 Å². The number of anilines is 1. The number of nitrogens with zero attached hydrogens (tertiary/aromatic N) is 1. The van der Waals surface area contributed by atoms with Crippen LogP contribution in [0.5, 0.6) is 0 Å². The van der Waals surface area contributed by atoms with Gasteiger partial charge in [-0.05, 0) is 55.2 Å². The highest BCUT2D eigenvalue weighted by molar-refractivity contribution is 7.18. The van der Waals surface area contributed by atoms with Gasteiger partial charge in [-0.25, -0.2) is 0 Å². The minimum Gasteiger partial charge on any atom is -0.361 e. The van der Waals surface area contributed by atoms with E-state index < -0.39 is 0 Å². The van der Waals surface area contributed by atoms with Crippen molar-refractivity contribution < 1.29 is 4.57 Å². The van der Waals surface area contributed by atoms with Crippen LogP contribution in [0.15, 0.2) is 77.0 Å². The number of para-hydroxylation sites is 1. The lowest BCUT2D eigenvalue weighted by molar-refractivity contribution is -0.665. The Kier molecular flexibility index (Phi) is 5.86. The molecule has 0 spiro atoms. The molecule has 28 heavy (non-hydrogen) atoms. The summed E-state index contributed by atoms with van der Waals surface area (Å²) < 4.78 is 3.65. The molecule has 2 nitrogen and oxygen atoms in total. The second kappa shape index (κ2) is 8.52. The fraction of sp³-hybridized carbons (Fsp3) is 0.174. The van der Waals surface area contributed by atoms with E-state index in [1.807, 2.05) is 41.8 Å². The van der Waals surface area contributed by atoms with Gasteiger partial charge in [0.1, 0.15) is 11.2 Å². The molecule has 0 amide bonds. The fourth-order valence-electron chi connectivity index (χ4n) is 3.41. The third-order valence-electron chi connectivity index (χ3n) is 4.85. The molecule has 2 aromatic carbocycles. The van der Waals surface area contributed by atoms with Crippen molar-refractivity contribution in [3.05, 3.63) is 87.0 Å². The van der Waals surface area contributed by atoms with Crippen molar-refractivity contribution in [3.8, 4) is 0 Å². The van der Waals surface area contributed by atoms with Gasteiger partial charge in [0.05, 0.1) is 0 Å². The van der Waals surface area contributed by atoms with Gasteiger partial charge in [-0.1, -0.05) is 58.8 Å². The molecule has 0 fully saturated rings. The third kappa shape index (κ3) is 4.02. The van der Waals surface area contributed by atoms with Crippen LogP contribution < -0.4 is 9.88 Å². The first-order valence-electron chi connectivity index (χ1n) is 9.35. The number of benzene rings is 2. The van der Waals surface area contributed by atoms with Gasteiger partial charge in [-0.15, -0.1) is 0 Å². The summed E-state index contributed by atoms with van der Waals surface area (Å²) in [7, 11) is 0. The normalized spacial score (nSPS) is 16.0. The summed E-state index contributed by atoms with van der Waals surface area (Å²) in [4.78, 5) is 0. The number of allylic oxidation sites excluding steroid dienone is 4. The third-order valence-corrected chi connectivity index (χ3v) is 6.70. The van der Waals surface area contributed by atoms with Crippen molar-refractivity contribution in [2.45, 2.75) is 26.3 Å². The van der Waals surface area contributed by atoms with Crippen LogP contribution >= 0.6 is 34.5 Å². The van der Waals surface area contributed by atoms with Gasteiger partial charge >= 0.3 is 0 Å². The number of hydrogen-bond acceptors (Lipinski definition) is 2. The zero-order chi connectivity index (χ0) is 19.5. The lowest BCUT2D eigenvalue weighted by atomic mass is 10.2. The molecule has 1 aliphatic carbocycles. The van der Waals surface area contributed by atoms with Crippen molar-refractivity contribution in [2.24, 2.45) is 0 Å². The monoisotopic (exact) mass is 427 g/mol. The van der Waals surface area contributed by atoms with E-state index >= 15 is 0 Å². The van der Waals surface area contributed by atoms with Crippen molar-refractivity contribution in [2.75, 3.05) is 5.32 Å². The molecule has 0 saturated carbocycles. The largest absolute Gasteiger partial charge is 0.361 e. The zero-order valence-corrected chi connectivity index (χ0v) is 17.9. The molecular formula is C23H21Cl2N2S+. The van der Waals surface area contributed by atoms with Gasteiger partial charge < -0.3 is 5.32 Å². The van der Waals surface area contributed by atoms with Gasteiger partial charge in [0, 0.05) is 34.1 Å². The standard InChI is InChI=1S/C23H20Cl2N2S/c1-2-27-20-8-3-4-9-21(20)28-22(27)13-12-16-10-11-17(23(16)25)15-26-19-7-5-6-18(24)14-19/h3-9,12-15H,2,10-11H2,1H3/p+1. The Morgan fingerprint density at radius 3 is 2.75 bits per heavy atom. The van der Waals surface area contributed by atoms with E-state index in [1.54, 1.807) is 0 Å². The average molecular weight is 428 g/mol. The molecular weight excluding hydrogens is 407 g/mol. The van der Waals surface area contributed by atoms with Gasteiger partial charge in [-0.2, -0.15) is 4.57 Å². The second-order valence-electron chi connectivity index (χ2n) is 6.65. The van der Waals surface area contributed by atoms with Crippen LogP contribution in [0.3, 0.4) is 0 Å². The van der Waals surface area contributed by atoms with Crippen LogP contribution in [-0.2, 0) is 6.54 Å². The number of aryl methyl sites for hydroxylation is 1. The van der Waals surface area contributed by atoms with E-state index in [1.165, 1.54) is 20.8 Å². The fourth-order valence-corrected chi connectivity index (χ4v) is 5.04. The lowest BCUT2D eigenvalue weighted by Crippen LogP contribution is -2.33. The summed E-state index contributed by atoms with van der Waals surface area (Å²) in [5.74, 6) is 0. The van der Waals surface area contributed by atoms with Crippen molar-refractivity contribution >= 4 is 56.5 Å². The maximum atomic E-state index is 6.65. The van der Waals surface area contributed by atoms with Crippen molar-refractivity contribution in [1.29, 1.82) is 0 Å². The Balaban J connectivity index is 1.56. The van der Waals surface area contributed by atoms with Crippen LogP contribution in [0.25, 0.3) is 16.3 Å². The number of thiazole rings is 1. The molecule has 0 bridgehead atoms. The molecule has 0 radical (unpaired) electrons. The molecule has 1 heterocycles. The van der Waals surface area contributed by atoms with Crippen molar-refractivity contribution in [1.82, 2.24) is 0 Å². The maximum Gasteiger partial charge on any atom is 0.262 e. The Bertz CT molecular complexity index is 1110. The Hall–Kier alpha value is -2.07. The first-order valence-corrected chi connectivity index (χ1v) is 10.9. The highest BCUT2D eigenvalue weighted by Crippen LogP contribution is 2.35. The number of halogens is 2. The van der Waals surface area contributed by atoms with E-state index in [2.05, 4.69) is 53.2 Å². The summed E-state index contributed by atoms with van der Waals surface area (Å²) in [5, 5.41) is 6.10. The van der Waals surface area contributed by atoms with Crippen LogP contribution in [0, 0.1) is 0 Å². The highest BCUT2D eigenvalue weighted by atomic mass is 35.5. The summed E-state index contributed by atoms with van der Waals surface area (Å²) in [6.45, 7) is 3.13. The van der Waals surface area contributed by atoms with Gasteiger partial charge in [0.15, 0.2) is 0 Å². The Morgan fingerprint density at radius 1 is 1.07 bits per heavy atom. The smallest absolute Gasteiger partial charge is 0.262 e. The minimum absolute atomic E-state index is 0.715. The molecule has 5 heteroatoms. The molecule has 142 valence electrons. The maximum absolute atomic E-state index is 6.65. The van der Waals surface area contributed by atoms with Gasteiger partial charge in [0.25, 0.3) is 5.01 Å². The van der Waals surface area contributed by atoms with Gasteiger partial charge in [-0.3, -0.25) is 0 Å². The zero-order valence-electron chi connectivity index (χ0n) is 15.6. The molecule has 3 aromatic rings. The summed E-state index contributed by atoms with van der Waals surface area (Å²) in [6, 6.07) is 16.2. The van der Waals surface area contributed by atoms with E-state index in [0.717, 1.165) is 35.7 Å². The number of rotatable bonds is 5. The molecule has 0 aliphatic heterocycles. The quantitative estimate of drug-likeness (QED) is 0.427. The predicted molar refractivity (Wildman–Crippen MR) is 122 cm³/mol. The van der Waals surface area contributed by atoms with Crippen LogP contribution in [0.2, 0.25) is 5.02 Å². The molecule has 0 saturated heterocycles. The van der Waals surface area contributed by atoms with Crippen LogP contribution in [0.1, 0.15) is 24.8 Å².